The lowest BCUT2D eigenvalue weighted by Gasteiger charge is -2.61. The molecule has 0 saturated heterocycles. The third kappa shape index (κ3) is 3.13. The van der Waals surface area contributed by atoms with E-state index in [-0.39, 0.29) is 10.8 Å². The van der Waals surface area contributed by atoms with Crippen molar-refractivity contribution >= 4 is 21.4 Å². The molecule has 0 spiro atoms. The van der Waals surface area contributed by atoms with Crippen molar-refractivity contribution in [2.45, 2.75) is 71.8 Å². The third-order valence-corrected chi connectivity index (χ3v) is 9.56. The number of hydrogen-bond donors (Lipinski definition) is 3. The van der Waals surface area contributed by atoms with Gasteiger partial charge in [-0.2, -0.15) is 5.10 Å². The minimum absolute atomic E-state index is 0.0558. The summed E-state index contributed by atoms with van der Waals surface area (Å²) < 4.78 is 22.9. The first-order valence-electron chi connectivity index (χ1n) is 11.0. The van der Waals surface area contributed by atoms with Gasteiger partial charge < -0.3 is 10.3 Å². The van der Waals surface area contributed by atoms with Crippen LogP contribution in [0.2, 0.25) is 0 Å². The van der Waals surface area contributed by atoms with Crippen LogP contribution in [0.5, 0.6) is 0 Å². The summed E-state index contributed by atoms with van der Waals surface area (Å²) in [4.78, 5) is 2.17. The van der Waals surface area contributed by atoms with E-state index in [4.69, 9.17) is 0 Å². The molecule has 1 unspecified atom stereocenters. The number of hydrogen-bond acceptors (Lipinski definition) is 6. The van der Waals surface area contributed by atoms with Gasteiger partial charge in [-0.3, -0.25) is 0 Å². The maximum absolute atomic E-state index is 11.5. The molecule has 0 bridgehead atoms. The number of aliphatic hydroxyl groups is 1. The Labute approximate surface area is 179 Å². The van der Waals surface area contributed by atoms with Crippen molar-refractivity contribution in [2.75, 3.05) is 6.26 Å². The van der Waals surface area contributed by atoms with Crippen LogP contribution in [0.25, 0.3) is 0 Å². The number of nitrogens with one attached hydrogen (secondary N) is 1. The van der Waals surface area contributed by atoms with E-state index in [1.807, 2.05) is 13.0 Å². The zero-order chi connectivity index (χ0) is 22.1. The molecule has 0 heterocycles. The molecule has 30 heavy (non-hydrogen) atoms. The van der Waals surface area contributed by atoms with E-state index in [2.05, 4.69) is 35.9 Å². The average Bonchev–Trinajstić information content (AvgIpc) is 2.87. The van der Waals surface area contributed by atoms with Gasteiger partial charge in [0, 0.05) is 6.42 Å². The minimum Gasteiger partial charge on any atom is -0.411 e. The first kappa shape index (κ1) is 21.8. The van der Waals surface area contributed by atoms with E-state index in [1.165, 1.54) is 5.57 Å². The molecule has 4 rings (SSSR count). The molecular weight excluding hydrogens is 402 g/mol. The first-order chi connectivity index (χ1) is 13.8. The number of fused-ring (bicyclic) bond motifs is 5. The SMILES string of the molecule is CC1C[C@@]2(C)[C@@H](CC[C@@]2(C)O)[C@@H]2CCC3=CC(=N\NS(C)(=O)=O)/C(=N\O)C[C@]3(C)[C@@H]12. The van der Waals surface area contributed by atoms with Crippen molar-refractivity contribution in [3.63, 3.8) is 0 Å². The zero-order valence-electron chi connectivity index (χ0n) is 18.6. The second-order valence-corrected chi connectivity index (χ2v) is 12.6. The van der Waals surface area contributed by atoms with Crippen molar-refractivity contribution in [3.8, 4) is 0 Å². The summed E-state index contributed by atoms with van der Waals surface area (Å²) in [5.74, 6) is 1.90. The van der Waals surface area contributed by atoms with E-state index >= 15 is 0 Å². The van der Waals surface area contributed by atoms with E-state index in [9.17, 15) is 18.7 Å². The predicted molar refractivity (Wildman–Crippen MR) is 117 cm³/mol. The summed E-state index contributed by atoms with van der Waals surface area (Å²) in [6, 6.07) is 0. The number of hydrazone groups is 1. The fourth-order valence-corrected chi connectivity index (χ4v) is 8.00. The van der Waals surface area contributed by atoms with E-state index in [0.717, 1.165) is 38.4 Å². The van der Waals surface area contributed by atoms with E-state index in [1.54, 1.807) is 0 Å². The standard InChI is InChI=1S/C22H35N3O4S/c1-13-11-21(3)16(8-9-22(21,4)26)15-7-6-14-10-17(23-25-30(5,28)29)18(24-27)12-20(14,2)19(13)15/h10,13,15-16,19,25-27H,6-9,11-12H2,1-5H3/b23-17+,24-18-/t13?,15-,16-,19-,20-,21-,22+/m0/s1. The second kappa shape index (κ2) is 6.79. The Kier molecular flexibility index (Phi) is 4.94. The van der Waals surface area contributed by atoms with Gasteiger partial charge in [-0.15, -0.1) is 0 Å². The lowest BCUT2D eigenvalue weighted by molar-refractivity contribution is -0.136. The Morgan fingerprint density at radius 2 is 1.93 bits per heavy atom. The summed E-state index contributed by atoms with van der Waals surface area (Å²) in [7, 11) is -3.48. The number of allylic oxidation sites excluding steroid dienone is 2. The number of rotatable bonds is 2. The van der Waals surface area contributed by atoms with Crippen LogP contribution in [0.1, 0.15) is 66.2 Å². The van der Waals surface area contributed by atoms with Gasteiger partial charge in [0.1, 0.15) is 11.4 Å². The lowest BCUT2D eigenvalue weighted by Crippen LogP contribution is -2.57. The van der Waals surface area contributed by atoms with Gasteiger partial charge in [0.05, 0.1) is 11.9 Å². The normalized spacial score (nSPS) is 48.7. The molecule has 3 saturated carbocycles. The summed E-state index contributed by atoms with van der Waals surface area (Å²) in [5, 5.41) is 28.4. The molecule has 3 N–H and O–H groups in total. The summed E-state index contributed by atoms with van der Waals surface area (Å²) in [6.45, 7) is 8.89. The monoisotopic (exact) mass is 437 g/mol. The highest BCUT2D eigenvalue weighted by atomic mass is 32.2. The Bertz CT molecular complexity index is 938. The van der Waals surface area contributed by atoms with Crippen LogP contribution < -0.4 is 4.83 Å². The summed E-state index contributed by atoms with van der Waals surface area (Å²) in [5.41, 5.74) is 1.27. The molecule has 7 nitrogen and oxygen atoms in total. The van der Waals surface area contributed by atoms with Crippen molar-refractivity contribution in [1.82, 2.24) is 4.83 Å². The summed E-state index contributed by atoms with van der Waals surface area (Å²) in [6.07, 6.45) is 8.45. The molecule has 0 amide bonds. The highest BCUT2D eigenvalue weighted by Crippen LogP contribution is 2.68. The summed E-state index contributed by atoms with van der Waals surface area (Å²) >= 11 is 0. The van der Waals surface area contributed by atoms with Crippen molar-refractivity contribution in [3.05, 3.63) is 11.6 Å². The molecule has 0 aromatic rings. The van der Waals surface area contributed by atoms with Gasteiger partial charge in [-0.1, -0.05) is 31.5 Å². The maximum atomic E-state index is 11.5. The molecule has 7 atom stereocenters. The van der Waals surface area contributed by atoms with Crippen LogP contribution in [0.15, 0.2) is 21.9 Å². The molecule has 4 aliphatic carbocycles. The topological polar surface area (TPSA) is 111 Å². The Balaban J connectivity index is 1.73. The highest BCUT2D eigenvalue weighted by Gasteiger charge is 2.64. The van der Waals surface area contributed by atoms with E-state index < -0.39 is 15.6 Å². The Morgan fingerprint density at radius 1 is 1.23 bits per heavy atom. The van der Waals surface area contributed by atoms with Crippen LogP contribution in [-0.2, 0) is 10.0 Å². The van der Waals surface area contributed by atoms with Gasteiger partial charge >= 0.3 is 0 Å². The third-order valence-electron chi connectivity index (χ3n) is 9.14. The Morgan fingerprint density at radius 3 is 2.57 bits per heavy atom. The van der Waals surface area contributed by atoms with Crippen LogP contribution in [-0.4, -0.2) is 42.0 Å². The van der Waals surface area contributed by atoms with Gasteiger partial charge in [0.2, 0.25) is 10.0 Å². The van der Waals surface area contributed by atoms with Crippen LogP contribution >= 0.6 is 0 Å². The van der Waals surface area contributed by atoms with Gasteiger partial charge in [-0.25, -0.2) is 13.2 Å². The second-order valence-electron chi connectivity index (χ2n) is 10.9. The molecule has 0 aromatic carbocycles. The Hall–Kier alpha value is -1.41. The largest absolute Gasteiger partial charge is 0.411 e. The molecule has 0 aromatic heterocycles. The quantitative estimate of drug-likeness (QED) is 0.455. The number of sulfonamides is 1. The molecule has 0 radical (unpaired) electrons. The van der Waals surface area contributed by atoms with Crippen LogP contribution in [0, 0.1) is 34.5 Å². The van der Waals surface area contributed by atoms with Crippen molar-refractivity contribution in [1.29, 1.82) is 0 Å². The average molecular weight is 438 g/mol. The maximum Gasteiger partial charge on any atom is 0.244 e. The molecule has 168 valence electrons. The highest BCUT2D eigenvalue weighted by molar-refractivity contribution is 7.88. The number of oxime groups is 1. The zero-order valence-corrected chi connectivity index (χ0v) is 19.5. The van der Waals surface area contributed by atoms with Gasteiger partial charge in [0.25, 0.3) is 0 Å². The first-order valence-corrected chi connectivity index (χ1v) is 12.9. The molecule has 0 aliphatic heterocycles. The predicted octanol–water partition coefficient (Wildman–Crippen LogP) is 3.29. The lowest BCUT2D eigenvalue weighted by atomic mass is 9.44. The molecule has 3 fully saturated rings. The van der Waals surface area contributed by atoms with Gasteiger partial charge in [-0.05, 0) is 79.6 Å². The fourth-order valence-electron chi connectivity index (χ4n) is 7.74. The fraction of sp³-hybridized carbons (Fsp3) is 0.818. The molecular formula is C22H35N3O4S. The van der Waals surface area contributed by atoms with Crippen LogP contribution in [0.4, 0.5) is 0 Å². The van der Waals surface area contributed by atoms with E-state index in [0.29, 0.717) is 41.5 Å². The molecule has 4 aliphatic rings. The van der Waals surface area contributed by atoms with Crippen molar-refractivity contribution < 1.29 is 18.7 Å². The molecule has 8 heteroatoms. The number of nitrogens with zero attached hydrogens (tertiary/aromatic N) is 2. The van der Waals surface area contributed by atoms with Crippen LogP contribution in [0.3, 0.4) is 0 Å². The smallest absolute Gasteiger partial charge is 0.244 e. The van der Waals surface area contributed by atoms with Gasteiger partial charge in [0.15, 0.2) is 0 Å². The minimum atomic E-state index is -3.48. The van der Waals surface area contributed by atoms with Crippen molar-refractivity contribution in [2.24, 2.45) is 44.8 Å².